The molecule has 2 aromatic carbocycles. The molecule has 0 aromatic heterocycles. The monoisotopic (exact) mass is 280 g/mol. The van der Waals surface area contributed by atoms with Crippen LogP contribution in [0.25, 0.3) is 6.08 Å². The number of fused-ring (bicyclic) bond motifs is 1. The van der Waals surface area contributed by atoms with Crippen molar-refractivity contribution < 1.29 is 5.11 Å². The summed E-state index contributed by atoms with van der Waals surface area (Å²) in [7, 11) is 0. The van der Waals surface area contributed by atoms with Crippen molar-refractivity contribution in [2.45, 2.75) is 6.10 Å². The maximum absolute atomic E-state index is 10.4. The van der Waals surface area contributed by atoms with Crippen LogP contribution in [0.5, 0.6) is 0 Å². The Balaban J connectivity index is 1.90. The van der Waals surface area contributed by atoms with Crippen LogP contribution in [0.2, 0.25) is 5.02 Å². The van der Waals surface area contributed by atoms with Gasteiger partial charge in [-0.1, -0.05) is 72.0 Å². The number of aliphatic hydroxyl groups excluding tert-OH is 1. The van der Waals surface area contributed by atoms with Crippen LogP contribution in [0.4, 0.5) is 0 Å². The third-order valence-electron chi connectivity index (χ3n) is 3.39. The highest BCUT2D eigenvalue weighted by molar-refractivity contribution is 6.31. The molecule has 2 unspecified atom stereocenters. The van der Waals surface area contributed by atoms with Gasteiger partial charge in [-0.25, -0.2) is 0 Å². The van der Waals surface area contributed by atoms with Crippen molar-refractivity contribution in [2.24, 2.45) is 5.92 Å². The van der Waals surface area contributed by atoms with Crippen molar-refractivity contribution in [2.75, 3.05) is 0 Å². The molecule has 1 aliphatic rings. The molecule has 0 heterocycles. The highest BCUT2D eigenvalue weighted by Gasteiger charge is 2.22. The predicted octanol–water partition coefficient (Wildman–Crippen LogP) is 4.07. The molecule has 0 fully saturated rings. The molecule has 98 valence electrons. The number of hydrogen-bond acceptors (Lipinski definition) is 1. The molecule has 0 aliphatic heterocycles. The molecule has 2 atom stereocenters. The van der Waals surface area contributed by atoms with Gasteiger partial charge in [0.2, 0.25) is 0 Å². The Morgan fingerprint density at radius 2 is 1.75 bits per heavy atom. The van der Waals surface area contributed by atoms with Gasteiger partial charge in [0, 0.05) is 5.56 Å². The zero-order valence-electron chi connectivity index (χ0n) is 10.8. The SMILES string of the molecule is OC1c2ccccc2C=CC1C#Cc1ccccc1Cl. The summed E-state index contributed by atoms with van der Waals surface area (Å²) in [4.78, 5) is 0. The maximum atomic E-state index is 10.4. The van der Waals surface area contributed by atoms with E-state index in [2.05, 4.69) is 11.8 Å². The minimum atomic E-state index is -0.591. The summed E-state index contributed by atoms with van der Waals surface area (Å²) in [5.41, 5.74) is 2.76. The van der Waals surface area contributed by atoms with Crippen molar-refractivity contribution in [1.82, 2.24) is 0 Å². The number of benzene rings is 2. The fraction of sp³-hybridized carbons (Fsp3) is 0.111. The first-order chi connectivity index (χ1) is 9.75. The quantitative estimate of drug-likeness (QED) is 0.721. The molecule has 0 radical (unpaired) electrons. The first-order valence-corrected chi connectivity index (χ1v) is 6.85. The number of aliphatic hydroxyl groups is 1. The second-order valence-corrected chi connectivity index (χ2v) is 5.12. The smallest absolute Gasteiger partial charge is 0.0968 e. The van der Waals surface area contributed by atoms with Crippen LogP contribution in [0, 0.1) is 17.8 Å². The van der Waals surface area contributed by atoms with Gasteiger partial charge in [-0.3, -0.25) is 0 Å². The van der Waals surface area contributed by atoms with Crippen molar-refractivity contribution in [3.05, 3.63) is 76.3 Å². The second kappa shape index (κ2) is 5.54. The van der Waals surface area contributed by atoms with Crippen LogP contribution in [-0.4, -0.2) is 5.11 Å². The maximum Gasteiger partial charge on any atom is 0.0968 e. The average Bonchev–Trinajstić information content (AvgIpc) is 2.48. The van der Waals surface area contributed by atoms with Crippen LogP contribution < -0.4 is 0 Å². The normalized spacial score (nSPS) is 19.9. The molecule has 0 saturated heterocycles. The van der Waals surface area contributed by atoms with E-state index in [0.717, 1.165) is 16.7 Å². The Labute approximate surface area is 123 Å². The Bertz CT molecular complexity index is 721. The zero-order chi connectivity index (χ0) is 13.9. The van der Waals surface area contributed by atoms with Crippen LogP contribution in [0.3, 0.4) is 0 Å². The zero-order valence-corrected chi connectivity index (χ0v) is 11.5. The van der Waals surface area contributed by atoms with E-state index in [-0.39, 0.29) is 5.92 Å². The van der Waals surface area contributed by atoms with Crippen LogP contribution in [0.15, 0.2) is 54.6 Å². The van der Waals surface area contributed by atoms with Gasteiger partial charge in [-0.2, -0.15) is 0 Å². The standard InChI is InChI=1S/C18H13ClO/c19-17-8-4-2-6-14(17)10-12-15-11-9-13-5-1-3-7-16(13)18(15)20/h1-9,11,15,18,20H. The fourth-order valence-corrected chi connectivity index (χ4v) is 2.47. The topological polar surface area (TPSA) is 20.2 Å². The van der Waals surface area contributed by atoms with Crippen molar-refractivity contribution >= 4 is 17.7 Å². The molecule has 20 heavy (non-hydrogen) atoms. The summed E-state index contributed by atoms with van der Waals surface area (Å²) < 4.78 is 0. The van der Waals surface area contributed by atoms with E-state index in [1.807, 2.05) is 60.7 Å². The molecule has 3 rings (SSSR count). The Morgan fingerprint density at radius 3 is 2.60 bits per heavy atom. The van der Waals surface area contributed by atoms with Crippen molar-refractivity contribution in [3.8, 4) is 11.8 Å². The lowest BCUT2D eigenvalue weighted by atomic mass is 9.87. The minimum Gasteiger partial charge on any atom is -0.387 e. The molecule has 0 bridgehead atoms. The third kappa shape index (κ3) is 2.49. The van der Waals surface area contributed by atoms with Gasteiger partial charge in [0.1, 0.15) is 0 Å². The lowest BCUT2D eigenvalue weighted by Crippen LogP contribution is -2.13. The fourth-order valence-electron chi connectivity index (χ4n) is 2.29. The van der Waals surface area contributed by atoms with Crippen LogP contribution >= 0.6 is 11.6 Å². The van der Waals surface area contributed by atoms with Crippen LogP contribution in [0.1, 0.15) is 22.8 Å². The summed E-state index contributed by atoms with van der Waals surface area (Å²) >= 11 is 6.08. The van der Waals surface area contributed by atoms with E-state index in [4.69, 9.17) is 11.6 Å². The van der Waals surface area contributed by atoms with Crippen molar-refractivity contribution in [1.29, 1.82) is 0 Å². The molecule has 2 aromatic rings. The van der Waals surface area contributed by atoms with Gasteiger partial charge in [0.15, 0.2) is 0 Å². The van der Waals surface area contributed by atoms with Crippen LogP contribution in [-0.2, 0) is 0 Å². The summed E-state index contributed by atoms with van der Waals surface area (Å²) in [5, 5.41) is 11.0. The van der Waals surface area contributed by atoms with E-state index in [0.29, 0.717) is 5.02 Å². The largest absolute Gasteiger partial charge is 0.387 e. The van der Waals surface area contributed by atoms with Gasteiger partial charge < -0.3 is 5.11 Å². The molecule has 0 saturated carbocycles. The number of rotatable bonds is 0. The average molecular weight is 281 g/mol. The Morgan fingerprint density at radius 1 is 1.00 bits per heavy atom. The minimum absolute atomic E-state index is 0.207. The van der Waals surface area contributed by atoms with Gasteiger partial charge in [0.25, 0.3) is 0 Å². The van der Waals surface area contributed by atoms with Gasteiger partial charge in [-0.15, -0.1) is 0 Å². The van der Waals surface area contributed by atoms with Gasteiger partial charge in [-0.05, 0) is 23.3 Å². The molecule has 1 N–H and O–H groups in total. The van der Waals surface area contributed by atoms with E-state index in [9.17, 15) is 5.11 Å². The molecular weight excluding hydrogens is 268 g/mol. The number of halogens is 1. The number of hydrogen-bond donors (Lipinski definition) is 1. The molecule has 0 amide bonds. The lowest BCUT2D eigenvalue weighted by Gasteiger charge is -2.21. The first-order valence-electron chi connectivity index (χ1n) is 6.47. The summed E-state index contributed by atoms with van der Waals surface area (Å²) in [6, 6.07) is 15.3. The molecule has 2 heteroatoms. The third-order valence-corrected chi connectivity index (χ3v) is 3.71. The predicted molar refractivity (Wildman–Crippen MR) is 82.3 cm³/mol. The molecule has 1 nitrogen and oxygen atoms in total. The summed E-state index contributed by atoms with van der Waals surface area (Å²) in [5.74, 6) is 5.94. The highest BCUT2D eigenvalue weighted by atomic mass is 35.5. The molecule has 1 aliphatic carbocycles. The van der Waals surface area contributed by atoms with E-state index < -0.39 is 6.10 Å². The summed E-state index contributed by atoms with van der Waals surface area (Å²) in [6.45, 7) is 0. The Kier molecular flexibility index (Phi) is 3.60. The molecule has 0 spiro atoms. The van der Waals surface area contributed by atoms with Gasteiger partial charge >= 0.3 is 0 Å². The lowest BCUT2D eigenvalue weighted by molar-refractivity contribution is 0.153. The summed E-state index contributed by atoms with van der Waals surface area (Å²) in [6.07, 6.45) is 3.36. The Hall–Kier alpha value is -2.01. The first kappa shape index (κ1) is 13.0. The van der Waals surface area contributed by atoms with E-state index >= 15 is 0 Å². The van der Waals surface area contributed by atoms with E-state index in [1.165, 1.54) is 0 Å². The molecular formula is C18H13ClO. The van der Waals surface area contributed by atoms with Crippen molar-refractivity contribution in [3.63, 3.8) is 0 Å². The van der Waals surface area contributed by atoms with Gasteiger partial charge in [0.05, 0.1) is 17.0 Å². The second-order valence-electron chi connectivity index (χ2n) is 4.71. The van der Waals surface area contributed by atoms with E-state index in [1.54, 1.807) is 0 Å². The highest BCUT2D eigenvalue weighted by Crippen LogP contribution is 2.31.